The topological polar surface area (TPSA) is 78.1 Å². The molecule has 14 heavy (non-hydrogen) atoms. The molecule has 1 aliphatic heterocycles. The standard InChI is InChI=1S/C7H12N4O2S/c1-8-6-3-11(4-6)14(12,13)7-2-9-5-10-7/h2,5-6,8H,3-4H2,1H3,(H,9,10). The zero-order valence-electron chi connectivity index (χ0n) is 7.77. The zero-order chi connectivity index (χ0) is 10.2. The van der Waals surface area contributed by atoms with Crippen LogP contribution in [0.5, 0.6) is 0 Å². The molecule has 2 heterocycles. The first-order valence-corrected chi connectivity index (χ1v) is 5.74. The molecule has 0 spiro atoms. The Morgan fingerprint density at radius 1 is 1.64 bits per heavy atom. The number of H-pyrrole nitrogens is 1. The SMILES string of the molecule is CNC1CN(S(=O)(=O)c2cnc[nH]2)C1. The quantitative estimate of drug-likeness (QED) is 0.679. The first-order valence-electron chi connectivity index (χ1n) is 4.30. The summed E-state index contributed by atoms with van der Waals surface area (Å²) in [5.74, 6) is 0. The molecule has 78 valence electrons. The molecule has 1 aromatic rings. The van der Waals surface area contributed by atoms with Crippen LogP contribution < -0.4 is 5.32 Å². The number of likely N-dealkylation sites (N-methyl/N-ethyl adjacent to an activating group) is 1. The number of aromatic nitrogens is 2. The summed E-state index contributed by atoms with van der Waals surface area (Å²) in [6.07, 6.45) is 2.68. The molecule has 0 radical (unpaired) electrons. The molecule has 7 heteroatoms. The molecule has 0 aromatic carbocycles. The lowest BCUT2D eigenvalue weighted by Crippen LogP contribution is -2.58. The van der Waals surface area contributed by atoms with E-state index in [-0.39, 0.29) is 11.1 Å². The van der Waals surface area contributed by atoms with E-state index in [9.17, 15) is 8.42 Å². The van der Waals surface area contributed by atoms with Crippen molar-refractivity contribution in [2.75, 3.05) is 20.1 Å². The van der Waals surface area contributed by atoms with Crippen molar-refractivity contribution in [3.63, 3.8) is 0 Å². The Hall–Kier alpha value is -0.920. The van der Waals surface area contributed by atoms with Crippen molar-refractivity contribution < 1.29 is 8.42 Å². The van der Waals surface area contributed by atoms with Crippen LogP contribution in [-0.2, 0) is 10.0 Å². The monoisotopic (exact) mass is 216 g/mol. The van der Waals surface area contributed by atoms with Gasteiger partial charge in [-0.15, -0.1) is 0 Å². The second-order valence-electron chi connectivity index (χ2n) is 3.22. The first-order chi connectivity index (χ1) is 6.64. The van der Waals surface area contributed by atoms with E-state index in [0.717, 1.165) is 0 Å². The summed E-state index contributed by atoms with van der Waals surface area (Å²) < 4.78 is 24.9. The van der Waals surface area contributed by atoms with E-state index in [2.05, 4.69) is 15.3 Å². The van der Waals surface area contributed by atoms with Gasteiger partial charge in [0.2, 0.25) is 0 Å². The lowest BCUT2D eigenvalue weighted by molar-refractivity contribution is 0.236. The predicted octanol–water partition coefficient (Wildman–Crippen LogP) is -0.998. The van der Waals surface area contributed by atoms with E-state index in [1.807, 2.05) is 7.05 Å². The molecule has 2 N–H and O–H groups in total. The Bertz CT molecular complexity index is 393. The average Bonchev–Trinajstić information content (AvgIpc) is 2.53. The summed E-state index contributed by atoms with van der Waals surface area (Å²) in [7, 11) is -1.50. The molecule has 1 saturated heterocycles. The number of sulfonamides is 1. The van der Waals surface area contributed by atoms with Gasteiger partial charge in [-0.05, 0) is 7.05 Å². The molecule has 0 bridgehead atoms. The van der Waals surface area contributed by atoms with Gasteiger partial charge in [0.05, 0.1) is 12.5 Å². The average molecular weight is 216 g/mol. The van der Waals surface area contributed by atoms with Crippen molar-refractivity contribution in [1.29, 1.82) is 0 Å². The predicted molar refractivity (Wildman–Crippen MR) is 50.2 cm³/mol. The third-order valence-electron chi connectivity index (χ3n) is 2.35. The highest BCUT2D eigenvalue weighted by molar-refractivity contribution is 7.89. The lowest BCUT2D eigenvalue weighted by atomic mass is 10.2. The second-order valence-corrected chi connectivity index (χ2v) is 5.13. The maximum Gasteiger partial charge on any atom is 0.260 e. The van der Waals surface area contributed by atoms with Gasteiger partial charge < -0.3 is 10.3 Å². The van der Waals surface area contributed by atoms with Crippen molar-refractivity contribution in [2.24, 2.45) is 0 Å². The summed E-state index contributed by atoms with van der Waals surface area (Å²) >= 11 is 0. The van der Waals surface area contributed by atoms with E-state index < -0.39 is 10.0 Å². The van der Waals surface area contributed by atoms with Crippen LogP contribution in [0.25, 0.3) is 0 Å². The summed E-state index contributed by atoms with van der Waals surface area (Å²) in [5, 5.41) is 3.18. The first kappa shape index (κ1) is 9.63. The molecule has 1 aliphatic rings. The number of hydrogen-bond donors (Lipinski definition) is 2. The van der Waals surface area contributed by atoms with E-state index in [1.165, 1.54) is 16.8 Å². The number of nitrogens with zero attached hydrogens (tertiary/aromatic N) is 2. The highest BCUT2D eigenvalue weighted by atomic mass is 32.2. The van der Waals surface area contributed by atoms with Gasteiger partial charge in [0.25, 0.3) is 10.0 Å². The van der Waals surface area contributed by atoms with E-state index >= 15 is 0 Å². The largest absolute Gasteiger partial charge is 0.335 e. The van der Waals surface area contributed by atoms with Crippen molar-refractivity contribution >= 4 is 10.0 Å². The Morgan fingerprint density at radius 3 is 2.86 bits per heavy atom. The zero-order valence-corrected chi connectivity index (χ0v) is 8.58. The fourth-order valence-electron chi connectivity index (χ4n) is 1.34. The maximum absolute atomic E-state index is 11.8. The number of nitrogens with one attached hydrogen (secondary N) is 2. The Morgan fingerprint density at radius 2 is 2.36 bits per heavy atom. The van der Waals surface area contributed by atoms with Gasteiger partial charge in [0.15, 0.2) is 5.03 Å². The normalized spacial score (nSPS) is 19.5. The summed E-state index contributed by atoms with van der Waals surface area (Å²) in [4.78, 5) is 6.29. The van der Waals surface area contributed by atoms with Crippen molar-refractivity contribution in [3.8, 4) is 0 Å². The van der Waals surface area contributed by atoms with Crippen LogP contribution in [0.3, 0.4) is 0 Å². The second kappa shape index (κ2) is 3.34. The summed E-state index contributed by atoms with van der Waals surface area (Å²) in [6.45, 7) is 1.05. The molecule has 0 unspecified atom stereocenters. The Balaban J connectivity index is 2.12. The minimum absolute atomic E-state index is 0.159. The highest BCUT2D eigenvalue weighted by Gasteiger charge is 2.36. The minimum atomic E-state index is -3.33. The van der Waals surface area contributed by atoms with Gasteiger partial charge in [0, 0.05) is 19.1 Å². The van der Waals surface area contributed by atoms with Gasteiger partial charge in [-0.25, -0.2) is 13.4 Å². The van der Waals surface area contributed by atoms with Crippen molar-refractivity contribution in [1.82, 2.24) is 19.6 Å². The molecule has 1 aromatic heterocycles. The van der Waals surface area contributed by atoms with Crippen LogP contribution in [0, 0.1) is 0 Å². The van der Waals surface area contributed by atoms with Crippen LogP contribution >= 0.6 is 0 Å². The number of aromatic amines is 1. The third-order valence-corrected chi connectivity index (χ3v) is 4.10. The molecule has 0 saturated carbocycles. The van der Waals surface area contributed by atoms with Crippen LogP contribution in [0.1, 0.15) is 0 Å². The van der Waals surface area contributed by atoms with E-state index in [0.29, 0.717) is 13.1 Å². The molecular formula is C7H12N4O2S. The molecular weight excluding hydrogens is 204 g/mol. The summed E-state index contributed by atoms with van der Waals surface area (Å²) in [6, 6.07) is 0.271. The fraction of sp³-hybridized carbons (Fsp3) is 0.571. The van der Waals surface area contributed by atoms with Gasteiger partial charge in [-0.1, -0.05) is 0 Å². The number of imidazole rings is 1. The van der Waals surface area contributed by atoms with Crippen molar-refractivity contribution in [3.05, 3.63) is 12.5 Å². The van der Waals surface area contributed by atoms with Gasteiger partial charge in [-0.2, -0.15) is 4.31 Å². The van der Waals surface area contributed by atoms with Crippen LogP contribution in [0.4, 0.5) is 0 Å². The summed E-state index contributed by atoms with van der Waals surface area (Å²) in [5.41, 5.74) is 0. The van der Waals surface area contributed by atoms with E-state index in [4.69, 9.17) is 0 Å². The maximum atomic E-state index is 11.8. The highest BCUT2D eigenvalue weighted by Crippen LogP contribution is 2.18. The number of rotatable bonds is 3. The Kier molecular flexibility index (Phi) is 2.30. The smallest absolute Gasteiger partial charge is 0.260 e. The molecule has 0 aliphatic carbocycles. The van der Waals surface area contributed by atoms with Gasteiger partial charge in [0.1, 0.15) is 0 Å². The molecule has 1 fully saturated rings. The van der Waals surface area contributed by atoms with Gasteiger partial charge >= 0.3 is 0 Å². The third kappa shape index (κ3) is 1.43. The van der Waals surface area contributed by atoms with Crippen LogP contribution in [0.15, 0.2) is 17.6 Å². The molecule has 6 nitrogen and oxygen atoms in total. The van der Waals surface area contributed by atoms with Crippen LogP contribution in [-0.4, -0.2) is 48.9 Å². The molecule has 0 amide bonds. The molecule has 0 atom stereocenters. The van der Waals surface area contributed by atoms with Crippen molar-refractivity contribution in [2.45, 2.75) is 11.1 Å². The lowest BCUT2D eigenvalue weighted by Gasteiger charge is -2.37. The molecule has 2 rings (SSSR count). The number of hydrogen-bond acceptors (Lipinski definition) is 4. The van der Waals surface area contributed by atoms with Gasteiger partial charge in [-0.3, -0.25) is 0 Å². The fourth-order valence-corrected chi connectivity index (χ4v) is 2.77. The van der Waals surface area contributed by atoms with E-state index in [1.54, 1.807) is 0 Å². The minimum Gasteiger partial charge on any atom is -0.335 e. The Labute approximate surface area is 82.4 Å². The van der Waals surface area contributed by atoms with Crippen LogP contribution in [0.2, 0.25) is 0 Å².